The van der Waals surface area contributed by atoms with Crippen LogP contribution in [-0.2, 0) is 11.3 Å². The zero-order valence-corrected chi connectivity index (χ0v) is 11.5. The lowest BCUT2D eigenvalue weighted by Gasteiger charge is -2.13. The molecule has 7 nitrogen and oxygen atoms in total. The van der Waals surface area contributed by atoms with E-state index in [2.05, 4.69) is 39.8 Å². The maximum atomic E-state index is 11.7. The van der Waals surface area contributed by atoms with Crippen LogP contribution in [0.25, 0.3) is 0 Å². The number of aromatic nitrogens is 4. The normalized spacial score (nSPS) is 10.6. The van der Waals surface area contributed by atoms with E-state index in [0.29, 0.717) is 11.7 Å². The summed E-state index contributed by atoms with van der Waals surface area (Å²) >= 11 is 0. The van der Waals surface area contributed by atoms with Crippen LogP contribution in [0.3, 0.4) is 0 Å². The molecule has 1 aromatic heterocycles. The number of carbonyl (C=O) groups excluding carboxylic acids is 1. The molecule has 2 N–H and O–H groups in total. The molecule has 0 spiro atoms. The van der Waals surface area contributed by atoms with Gasteiger partial charge in [-0.2, -0.15) is 5.21 Å². The highest BCUT2D eigenvalue weighted by molar-refractivity contribution is 5.77. The van der Waals surface area contributed by atoms with Gasteiger partial charge in [-0.15, -0.1) is 10.2 Å². The monoisotopic (exact) mass is 275 g/mol. The summed E-state index contributed by atoms with van der Waals surface area (Å²) < 4.78 is 5.55. The van der Waals surface area contributed by atoms with E-state index < -0.39 is 0 Å². The second-order valence-electron chi connectivity index (χ2n) is 4.59. The Balaban J connectivity index is 1.84. The molecule has 0 fully saturated rings. The van der Waals surface area contributed by atoms with Gasteiger partial charge in [0, 0.05) is 0 Å². The van der Waals surface area contributed by atoms with Crippen LogP contribution in [0, 0.1) is 0 Å². The number of nitrogens with one attached hydrogen (secondary N) is 2. The van der Waals surface area contributed by atoms with Crippen molar-refractivity contribution in [1.29, 1.82) is 0 Å². The predicted molar refractivity (Wildman–Crippen MR) is 72.1 cm³/mol. The number of amides is 1. The topological polar surface area (TPSA) is 92.8 Å². The third-order valence-electron chi connectivity index (χ3n) is 2.73. The smallest absolute Gasteiger partial charge is 0.258 e. The predicted octanol–water partition coefficient (Wildman–Crippen LogP) is 1.02. The van der Waals surface area contributed by atoms with Crippen molar-refractivity contribution >= 4 is 5.91 Å². The lowest BCUT2D eigenvalue weighted by molar-refractivity contribution is -0.123. The van der Waals surface area contributed by atoms with Crippen LogP contribution >= 0.6 is 0 Å². The van der Waals surface area contributed by atoms with E-state index in [-0.39, 0.29) is 19.1 Å². The number of ether oxygens (including phenoxy) is 1. The van der Waals surface area contributed by atoms with Crippen molar-refractivity contribution in [2.75, 3.05) is 6.61 Å². The standard InChI is InChI=1S/C13H17N5O2/c1-9(2)10-5-3-4-6-11(10)20-8-13(19)14-7-12-15-17-18-16-12/h3-6,9H,7-8H2,1-2H3,(H,14,19)(H,15,16,17,18). The van der Waals surface area contributed by atoms with E-state index in [4.69, 9.17) is 4.74 Å². The molecule has 2 rings (SSSR count). The number of nitrogens with zero attached hydrogens (tertiary/aromatic N) is 3. The van der Waals surface area contributed by atoms with Crippen molar-refractivity contribution in [2.24, 2.45) is 0 Å². The van der Waals surface area contributed by atoms with Gasteiger partial charge in [-0.25, -0.2) is 0 Å². The maximum absolute atomic E-state index is 11.7. The molecule has 0 aliphatic carbocycles. The lowest BCUT2D eigenvalue weighted by atomic mass is 10.0. The number of tetrazole rings is 1. The Morgan fingerprint density at radius 3 is 2.90 bits per heavy atom. The van der Waals surface area contributed by atoms with E-state index >= 15 is 0 Å². The van der Waals surface area contributed by atoms with Gasteiger partial charge >= 0.3 is 0 Å². The molecule has 1 amide bonds. The van der Waals surface area contributed by atoms with Crippen LogP contribution in [0.15, 0.2) is 24.3 Å². The van der Waals surface area contributed by atoms with Crippen LogP contribution in [0.1, 0.15) is 31.2 Å². The van der Waals surface area contributed by atoms with Crippen molar-refractivity contribution in [3.8, 4) is 5.75 Å². The van der Waals surface area contributed by atoms with Crippen LogP contribution in [0.5, 0.6) is 5.75 Å². The summed E-state index contributed by atoms with van der Waals surface area (Å²) in [6.07, 6.45) is 0. The summed E-state index contributed by atoms with van der Waals surface area (Å²) in [6.45, 7) is 4.35. The maximum Gasteiger partial charge on any atom is 0.258 e. The molecule has 7 heteroatoms. The first-order valence-electron chi connectivity index (χ1n) is 6.37. The first kappa shape index (κ1) is 14.0. The Bertz CT molecular complexity index is 554. The molecule has 0 bridgehead atoms. The van der Waals surface area contributed by atoms with Gasteiger partial charge in [0.15, 0.2) is 12.4 Å². The Hall–Kier alpha value is -2.44. The zero-order chi connectivity index (χ0) is 14.4. The average molecular weight is 275 g/mol. The fraction of sp³-hybridized carbons (Fsp3) is 0.385. The summed E-state index contributed by atoms with van der Waals surface area (Å²) in [7, 11) is 0. The van der Waals surface area contributed by atoms with Crippen molar-refractivity contribution in [2.45, 2.75) is 26.3 Å². The third-order valence-corrected chi connectivity index (χ3v) is 2.73. The highest BCUT2D eigenvalue weighted by Crippen LogP contribution is 2.25. The SMILES string of the molecule is CC(C)c1ccccc1OCC(=O)NCc1nn[nH]n1. The van der Waals surface area contributed by atoms with E-state index in [1.165, 1.54) is 0 Å². The first-order chi connectivity index (χ1) is 9.66. The summed E-state index contributed by atoms with van der Waals surface area (Å²) in [4.78, 5) is 11.7. The summed E-state index contributed by atoms with van der Waals surface area (Å²) in [5.74, 6) is 1.28. The molecule has 0 unspecified atom stereocenters. The number of benzene rings is 1. The summed E-state index contributed by atoms with van der Waals surface area (Å²) in [5.41, 5.74) is 1.08. The van der Waals surface area contributed by atoms with Gasteiger partial charge in [0.25, 0.3) is 5.91 Å². The van der Waals surface area contributed by atoms with Gasteiger partial charge in [0.1, 0.15) is 5.75 Å². The van der Waals surface area contributed by atoms with Crippen molar-refractivity contribution in [3.63, 3.8) is 0 Å². The van der Waals surface area contributed by atoms with Crippen molar-refractivity contribution in [3.05, 3.63) is 35.7 Å². The highest BCUT2D eigenvalue weighted by atomic mass is 16.5. The fourth-order valence-electron chi connectivity index (χ4n) is 1.72. The van der Waals surface area contributed by atoms with Gasteiger partial charge in [-0.1, -0.05) is 37.3 Å². The second-order valence-corrected chi connectivity index (χ2v) is 4.59. The quantitative estimate of drug-likeness (QED) is 0.821. The number of rotatable bonds is 6. The minimum absolute atomic E-state index is 0.0401. The summed E-state index contributed by atoms with van der Waals surface area (Å²) in [6, 6.07) is 7.70. The minimum Gasteiger partial charge on any atom is -0.483 e. The molecule has 106 valence electrons. The van der Waals surface area contributed by atoms with Crippen molar-refractivity contribution in [1.82, 2.24) is 25.9 Å². The highest BCUT2D eigenvalue weighted by Gasteiger charge is 2.09. The number of hydrogen-bond donors (Lipinski definition) is 2. The lowest BCUT2D eigenvalue weighted by Crippen LogP contribution is -2.29. The molecular formula is C13H17N5O2. The average Bonchev–Trinajstić information content (AvgIpc) is 2.96. The van der Waals surface area contributed by atoms with Crippen LogP contribution < -0.4 is 10.1 Å². The minimum atomic E-state index is -0.228. The molecule has 0 atom stereocenters. The Morgan fingerprint density at radius 2 is 2.20 bits per heavy atom. The number of para-hydroxylation sites is 1. The molecule has 0 saturated heterocycles. The molecule has 0 aliphatic rings. The fourth-order valence-corrected chi connectivity index (χ4v) is 1.72. The van der Waals surface area contributed by atoms with Gasteiger partial charge in [0.05, 0.1) is 6.54 Å². The van der Waals surface area contributed by atoms with Crippen LogP contribution in [0.4, 0.5) is 0 Å². The Morgan fingerprint density at radius 1 is 1.40 bits per heavy atom. The molecule has 1 aromatic carbocycles. The zero-order valence-electron chi connectivity index (χ0n) is 11.5. The molecule has 20 heavy (non-hydrogen) atoms. The van der Waals surface area contributed by atoms with Crippen LogP contribution in [-0.4, -0.2) is 33.1 Å². The molecule has 2 aromatic rings. The number of hydrogen-bond acceptors (Lipinski definition) is 5. The largest absolute Gasteiger partial charge is 0.483 e. The second kappa shape index (κ2) is 6.65. The Labute approximate surface area is 116 Å². The first-order valence-corrected chi connectivity index (χ1v) is 6.37. The van der Waals surface area contributed by atoms with Gasteiger partial charge in [0.2, 0.25) is 0 Å². The third kappa shape index (κ3) is 3.78. The van der Waals surface area contributed by atoms with Gasteiger partial charge < -0.3 is 10.1 Å². The molecule has 0 aliphatic heterocycles. The van der Waals surface area contributed by atoms with E-state index in [0.717, 1.165) is 11.3 Å². The van der Waals surface area contributed by atoms with Gasteiger partial charge in [-0.05, 0) is 17.5 Å². The van der Waals surface area contributed by atoms with E-state index in [1.54, 1.807) is 0 Å². The molecule has 0 radical (unpaired) electrons. The molecular weight excluding hydrogens is 258 g/mol. The molecule has 1 heterocycles. The van der Waals surface area contributed by atoms with E-state index in [1.807, 2.05) is 24.3 Å². The number of aromatic amines is 1. The van der Waals surface area contributed by atoms with E-state index in [9.17, 15) is 4.79 Å². The van der Waals surface area contributed by atoms with Crippen molar-refractivity contribution < 1.29 is 9.53 Å². The van der Waals surface area contributed by atoms with Crippen LogP contribution in [0.2, 0.25) is 0 Å². The summed E-state index contributed by atoms with van der Waals surface area (Å²) in [5, 5.41) is 15.9. The number of H-pyrrole nitrogens is 1. The molecule has 0 saturated carbocycles. The Kier molecular flexibility index (Phi) is 4.65. The number of carbonyl (C=O) groups is 1. The van der Waals surface area contributed by atoms with Gasteiger partial charge in [-0.3, -0.25) is 4.79 Å².